The van der Waals surface area contributed by atoms with Crippen molar-refractivity contribution in [1.82, 2.24) is 24.8 Å². The fourth-order valence-corrected chi connectivity index (χ4v) is 3.08. The van der Waals surface area contributed by atoms with Crippen molar-refractivity contribution in [2.45, 2.75) is 32.9 Å². The smallest absolute Gasteiger partial charge is 0.420 e. The van der Waals surface area contributed by atoms with E-state index in [-0.39, 0.29) is 34.1 Å². The van der Waals surface area contributed by atoms with Crippen molar-refractivity contribution in [3.05, 3.63) is 58.0 Å². The quantitative estimate of drug-likeness (QED) is 0.554. The van der Waals surface area contributed by atoms with E-state index in [2.05, 4.69) is 20.3 Å². The third kappa shape index (κ3) is 3.10. The van der Waals surface area contributed by atoms with Gasteiger partial charge >= 0.3 is 6.18 Å². The molecule has 0 saturated heterocycles. The van der Waals surface area contributed by atoms with Crippen molar-refractivity contribution in [2.75, 3.05) is 0 Å². The molecule has 0 radical (unpaired) electrons. The van der Waals surface area contributed by atoms with Crippen LogP contribution in [0.3, 0.4) is 0 Å². The number of H-pyrrole nitrogens is 1. The number of halogens is 3. The maximum atomic E-state index is 13.7. The fraction of sp³-hybridized carbons (Fsp3) is 0.263. The van der Waals surface area contributed by atoms with E-state index in [1.165, 1.54) is 12.1 Å². The third-order valence-corrected chi connectivity index (χ3v) is 4.45. The standard InChI is InChI=1S/C19H16F3N5O2/c1-9(2)16-24-25-17(29-16)12-10(3)23-15-13(11-7-5-4-6-8-11)14(19(20,21)22)26-27(15)18(12)28/h4-9,23H,1-3H3. The first-order chi connectivity index (χ1) is 13.7. The number of aromatic amines is 1. The van der Waals surface area contributed by atoms with Crippen LogP contribution in [-0.4, -0.2) is 24.8 Å². The molecule has 0 fully saturated rings. The monoisotopic (exact) mass is 403 g/mol. The van der Waals surface area contributed by atoms with Crippen LogP contribution in [0.1, 0.15) is 37.0 Å². The molecule has 0 bridgehead atoms. The lowest BCUT2D eigenvalue weighted by Gasteiger charge is -2.07. The molecule has 10 heteroatoms. The first kappa shape index (κ1) is 18.9. The minimum absolute atomic E-state index is 0.0206. The van der Waals surface area contributed by atoms with Crippen LogP contribution in [0.5, 0.6) is 0 Å². The van der Waals surface area contributed by atoms with Crippen LogP contribution in [0.4, 0.5) is 13.2 Å². The Balaban J connectivity index is 2.04. The molecular formula is C19H16F3N5O2. The summed E-state index contributed by atoms with van der Waals surface area (Å²) in [5.41, 5.74) is -1.61. The Morgan fingerprint density at radius 1 is 1.10 bits per heavy atom. The van der Waals surface area contributed by atoms with Gasteiger partial charge in [0.1, 0.15) is 11.2 Å². The van der Waals surface area contributed by atoms with E-state index in [9.17, 15) is 18.0 Å². The summed E-state index contributed by atoms with van der Waals surface area (Å²) in [5.74, 6) is 0.186. The first-order valence-electron chi connectivity index (χ1n) is 8.80. The summed E-state index contributed by atoms with van der Waals surface area (Å²) in [6.07, 6.45) is -4.75. The molecule has 4 rings (SSSR count). The summed E-state index contributed by atoms with van der Waals surface area (Å²) in [7, 11) is 0. The number of aromatic nitrogens is 5. The van der Waals surface area contributed by atoms with Gasteiger partial charge in [-0.3, -0.25) is 4.79 Å². The lowest BCUT2D eigenvalue weighted by Crippen LogP contribution is -2.20. The van der Waals surface area contributed by atoms with Gasteiger partial charge in [-0.1, -0.05) is 44.2 Å². The number of hydrogen-bond donors (Lipinski definition) is 1. The largest absolute Gasteiger partial charge is 0.435 e. The second-order valence-electron chi connectivity index (χ2n) is 6.88. The van der Waals surface area contributed by atoms with Gasteiger partial charge in [0.25, 0.3) is 11.4 Å². The minimum Gasteiger partial charge on any atom is -0.420 e. The van der Waals surface area contributed by atoms with Gasteiger partial charge in [0.15, 0.2) is 5.69 Å². The van der Waals surface area contributed by atoms with Gasteiger partial charge in [-0.05, 0) is 12.5 Å². The Labute approximate surface area is 162 Å². The predicted octanol–water partition coefficient (Wildman–Crippen LogP) is 4.19. The SMILES string of the molecule is Cc1[nH]c2c(-c3ccccc3)c(C(F)(F)F)nn2c(=O)c1-c1nnc(C(C)C)o1. The summed E-state index contributed by atoms with van der Waals surface area (Å²) in [6.45, 7) is 5.24. The summed E-state index contributed by atoms with van der Waals surface area (Å²) in [4.78, 5) is 15.9. The van der Waals surface area contributed by atoms with E-state index < -0.39 is 17.4 Å². The van der Waals surface area contributed by atoms with E-state index in [4.69, 9.17) is 4.42 Å². The molecule has 1 N–H and O–H groups in total. The Morgan fingerprint density at radius 3 is 2.38 bits per heavy atom. The number of rotatable bonds is 3. The van der Waals surface area contributed by atoms with Gasteiger partial charge in [-0.25, -0.2) is 0 Å². The molecule has 0 atom stereocenters. The number of benzene rings is 1. The van der Waals surface area contributed by atoms with Crippen LogP contribution in [0.25, 0.3) is 28.2 Å². The zero-order valence-corrected chi connectivity index (χ0v) is 15.7. The fourth-order valence-electron chi connectivity index (χ4n) is 3.08. The highest BCUT2D eigenvalue weighted by molar-refractivity contribution is 5.81. The van der Waals surface area contributed by atoms with Crippen molar-refractivity contribution >= 4 is 5.65 Å². The highest BCUT2D eigenvalue weighted by Crippen LogP contribution is 2.38. The molecule has 4 aromatic rings. The van der Waals surface area contributed by atoms with E-state index in [0.29, 0.717) is 16.1 Å². The van der Waals surface area contributed by atoms with Gasteiger partial charge in [0.2, 0.25) is 5.89 Å². The number of hydrogen-bond acceptors (Lipinski definition) is 5. The molecule has 3 heterocycles. The number of aryl methyl sites for hydroxylation is 1. The second kappa shape index (κ2) is 6.57. The normalized spacial score (nSPS) is 12.2. The summed E-state index contributed by atoms with van der Waals surface area (Å²) < 4.78 is 47.3. The highest BCUT2D eigenvalue weighted by Gasteiger charge is 2.39. The molecule has 0 aliphatic heterocycles. The van der Waals surface area contributed by atoms with E-state index in [0.717, 1.165) is 0 Å². The van der Waals surface area contributed by atoms with Crippen molar-refractivity contribution in [1.29, 1.82) is 0 Å². The Bertz CT molecular complexity index is 1250. The average Bonchev–Trinajstić information content (AvgIpc) is 3.27. The maximum Gasteiger partial charge on any atom is 0.435 e. The van der Waals surface area contributed by atoms with Crippen LogP contribution in [0, 0.1) is 6.92 Å². The minimum atomic E-state index is -4.75. The zero-order chi connectivity index (χ0) is 20.9. The van der Waals surface area contributed by atoms with Gasteiger partial charge in [-0.15, -0.1) is 10.2 Å². The van der Waals surface area contributed by atoms with E-state index >= 15 is 0 Å². The molecule has 7 nitrogen and oxygen atoms in total. The highest BCUT2D eigenvalue weighted by atomic mass is 19.4. The lowest BCUT2D eigenvalue weighted by atomic mass is 10.1. The maximum absolute atomic E-state index is 13.7. The number of alkyl halides is 3. The molecule has 0 aliphatic rings. The topological polar surface area (TPSA) is 89.1 Å². The van der Waals surface area contributed by atoms with Crippen molar-refractivity contribution in [3.8, 4) is 22.6 Å². The van der Waals surface area contributed by atoms with Crippen molar-refractivity contribution in [2.24, 2.45) is 0 Å². The van der Waals surface area contributed by atoms with Crippen LogP contribution in [0.15, 0.2) is 39.5 Å². The van der Waals surface area contributed by atoms with Crippen molar-refractivity contribution < 1.29 is 17.6 Å². The number of fused-ring (bicyclic) bond motifs is 1. The molecule has 0 unspecified atom stereocenters. The predicted molar refractivity (Wildman–Crippen MR) is 98.4 cm³/mol. The Morgan fingerprint density at radius 2 is 1.79 bits per heavy atom. The molecule has 1 aromatic carbocycles. The number of nitrogens with one attached hydrogen (secondary N) is 1. The summed E-state index contributed by atoms with van der Waals surface area (Å²) >= 11 is 0. The van der Waals surface area contributed by atoms with Crippen LogP contribution in [0.2, 0.25) is 0 Å². The van der Waals surface area contributed by atoms with Crippen LogP contribution < -0.4 is 5.56 Å². The van der Waals surface area contributed by atoms with Gasteiger partial charge in [0, 0.05) is 11.6 Å². The van der Waals surface area contributed by atoms with Gasteiger partial charge in [-0.2, -0.15) is 22.8 Å². The van der Waals surface area contributed by atoms with Crippen LogP contribution in [-0.2, 0) is 6.18 Å². The zero-order valence-electron chi connectivity index (χ0n) is 15.7. The van der Waals surface area contributed by atoms with Crippen molar-refractivity contribution in [3.63, 3.8) is 0 Å². The molecule has 29 heavy (non-hydrogen) atoms. The Hall–Kier alpha value is -3.43. The lowest BCUT2D eigenvalue weighted by molar-refractivity contribution is -0.140. The second-order valence-corrected chi connectivity index (χ2v) is 6.88. The molecule has 0 spiro atoms. The molecule has 3 aromatic heterocycles. The molecule has 0 amide bonds. The van der Waals surface area contributed by atoms with Gasteiger partial charge < -0.3 is 9.40 Å². The molecule has 0 aliphatic carbocycles. The van der Waals surface area contributed by atoms with Gasteiger partial charge in [0.05, 0.1) is 5.56 Å². The average molecular weight is 403 g/mol. The first-order valence-corrected chi connectivity index (χ1v) is 8.80. The van der Waals surface area contributed by atoms with E-state index in [1.54, 1.807) is 25.1 Å². The molecule has 150 valence electrons. The van der Waals surface area contributed by atoms with Crippen LogP contribution >= 0.6 is 0 Å². The third-order valence-electron chi connectivity index (χ3n) is 4.45. The molecule has 0 saturated carbocycles. The van der Waals surface area contributed by atoms with E-state index in [1.807, 2.05) is 13.8 Å². The summed E-state index contributed by atoms with van der Waals surface area (Å²) in [6, 6.07) is 7.98. The number of nitrogens with zero attached hydrogens (tertiary/aromatic N) is 4. The Kier molecular flexibility index (Phi) is 4.29. The molecular weight excluding hydrogens is 387 g/mol. The summed E-state index contributed by atoms with van der Waals surface area (Å²) in [5, 5.41) is 11.3.